The first-order valence-electron chi connectivity index (χ1n) is 10.5. The van der Waals surface area contributed by atoms with Crippen LogP contribution in [0.15, 0.2) is 11.6 Å². The standard InChI is InChI=1S/C22H32O3/c1-20-9-5-15(23)13-14(20)3-4-16-17(20)6-10-21(2)18(16)7-11-22(21)12-8-19(24)25-22/h13,16-19,24H,3-12H2,1-2H3/t16-,17+,18+,19+,20+,21-,22-/m1/s1. The van der Waals surface area contributed by atoms with Gasteiger partial charge in [0.2, 0.25) is 0 Å². The van der Waals surface area contributed by atoms with Gasteiger partial charge in [0.1, 0.15) is 0 Å². The molecule has 3 heteroatoms. The molecule has 4 fully saturated rings. The topological polar surface area (TPSA) is 46.5 Å². The molecule has 5 rings (SSSR count). The Morgan fingerprint density at radius 2 is 1.76 bits per heavy atom. The molecule has 25 heavy (non-hydrogen) atoms. The van der Waals surface area contributed by atoms with Crippen LogP contribution in [0, 0.1) is 28.6 Å². The first kappa shape index (κ1) is 16.5. The summed E-state index contributed by atoms with van der Waals surface area (Å²) in [6.45, 7) is 4.92. The molecule has 1 heterocycles. The molecule has 0 amide bonds. The van der Waals surface area contributed by atoms with Crippen molar-refractivity contribution in [3.8, 4) is 0 Å². The van der Waals surface area contributed by atoms with E-state index in [2.05, 4.69) is 13.8 Å². The molecule has 4 aliphatic carbocycles. The van der Waals surface area contributed by atoms with Gasteiger partial charge in [-0.3, -0.25) is 4.79 Å². The van der Waals surface area contributed by atoms with E-state index in [9.17, 15) is 9.90 Å². The van der Waals surface area contributed by atoms with E-state index >= 15 is 0 Å². The lowest BCUT2D eigenvalue weighted by atomic mass is 9.46. The second kappa shape index (κ2) is 5.19. The lowest BCUT2D eigenvalue weighted by molar-refractivity contribution is -0.195. The average Bonchev–Trinajstić information content (AvgIpc) is 3.10. The van der Waals surface area contributed by atoms with Crippen molar-refractivity contribution in [2.45, 2.75) is 89.9 Å². The molecule has 0 aromatic rings. The number of allylic oxidation sites excluding steroid dienone is 1. The first-order valence-corrected chi connectivity index (χ1v) is 10.5. The minimum atomic E-state index is -0.545. The van der Waals surface area contributed by atoms with Crippen LogP contribution < -0.4 is 0 Å². The number of carbonyl (C=O) groups is 1. The maximum atomic E-state index is 11.9. The highest BCUT2D eigenvalue weighted by molar-refractivity contribution is 5.91. The fraction of sp³-hybridized carbons (Fsp3) is 0.864. The molecule has 1 spiro atoms. The molecule has 7 atom stereocenters. The van der Waals surface area contributed by atoms with Crippen molar-refractivity contribution in [3.05, 3.63) is 11.6 Å². The van der Waals surface area contributed by atoms with E-state index in [1.807, 2.05) is 6.08 Å². The Balaban J connectivity index is 1.48. The van der Waals surface area contributed by atoms with Crippen LogP contribution in [0.4, 0.5) is 0 Å². The summed E-state index contributed by atoms with van der Waals surface area (Å²) in [5, 5.41) is 10.1. The van der Waals surface area contributed by atoms with Gasteiger partial charge in [-0.25, -0.2) is 0 Å². The molecular weight excluding hydrogens is 312 g/mol. The van der Waals surface area contributed by atoms with Crippen molar-refractivity contribution in [1.29, 1.82) is 0 Å². The maximum absolute atomic E-state index is 11.9. The van der Waals surface area contributed by atoms with Crippen LogP contribution >= 0.6 is 0 Å². The second-order valence-corrected chi connectivity index (χ2v) is 10.1. The minimum absolute atomic E-state index is 0.0679. The third-order valence-electron chi connectivity index (χ3n) is 9.41. The Morgan fingerprint density at radius 3 is 2.52 bits per heavy atom. The number of fused-ring (bicyclic) bond motifs is 6. The predicted octanol–water partition coefficient (Wildman–Crippen LogP) is 4.39. The Morgan fingerprint density at radius 1 is 1.00 bits per heavy atom. The van der Waals surface area contributed by atoms with Crippen LogP contribution in [-0.4, -0.2) is 22.8 Å². The molecular formula is C22H32O3. The molecule has 3 nitrogen and oxygen atoms in total. The quantitative estimate of drug-likeness (QED) is 0.709. The maximum Gasteiger partial charge on any atom is 0.155 e. The molecule has 138 valence electrons. The number of aliphatic hydroxyl groups is 1. The van der Waals surface area contributed by atoms with Crippen LogP contribution in [-0.2, 0) is 9.53 Å². The Kier molecular flexibility index (Phi) is 3.43. The van der Waals surface area contributed by atoms with Gasteiger partial charge in [-0.1, -0.05) is 19.4 Å². The highest BCUT2D eigenvalue weighted by Gasteiger charge is 2.66. The zero-order valence-electron chi connectivity index (χ0n) is 15.7. The number of hydrogen-bond donors (Lipinski definition) is 1. The van der Waals surface area contributed by atoms with Crippen molar-refractivity contribution in [2.24, 2.45) is 28.6 Å². The molecule has 0 aromatic heterocycles. The summed E-state index contributed by atoms with van der Waals surface area (Å²) in [5.41, 5.74) is 1.87. The molecule has 1 aliphatic heterocycles. The number of carbonyl (C=O) groups excluding carboxylic acids is 1. The Labute approximate surface area is 151 Å². The van der Waals surface area contributed by atoms with Gasteiger partial charge in [0.05, 0.1) is 5.60 Å². The third-order valence-corrected chi connectivity index (χ3v) is 9.41. The normalized spacial score (nSPS) is 54.8. The summed E-state index contributed by atoms with van der Waals surface area (Å²) in [4.78, 5) is 11.9. The molecule has 0 unspecified atom stereocenters. The molecule has 0 radical (unpaired) electrons. The molecule has 0 aromatic carbocycles. The van der Waals surface area contributed by atoms with Gasteiger partial charge in [-0.15, -0.1) is 0 Å². The summed E-state index contributed by atoms with van der Waals surface area (Å²) >= 11 is 0. The van der Waals surface area contributed by atoms with E-state index in [0.717, 1.165) is 56.3 Å². The van der Waals surface area contributed by atoms with E-state index in [1.165, 1.54) is 31.3 Å². The zero-order chi connectivity index (χ0) is 17.4. The fourth-order valence-corrected chi connectivity index (χ4v) is 7.99. The number of ketones is 1. The number of hydrogen-bond acceptors (Lipinski definition) is 3. The van der Waals surface area contributed by atoms with Crippen LogP contribution in [0.5, 0.6) is 0 Å². The molecule has 1 saturated heterocycles. The van der Waals surface area contributed by atoms with Crippen molar-refractivity contribution in [2.75, 3.05) is 0 Å². The fourth-order valence-electron chi connectivity index (χ4n) is 7.99. The highest BCUT2D eigenvalue weighted by Crippen LogP contribution is 2.69. The van der Waals surface area contributed by atoms with Gasteiger partial charge in [0, 0.05) is 12.8 Å². The largest absolute Gasteiger partial charge is 0.368 e. The predicted molar refractivity (Wildman–Crippen MR) is 95.8 cm³/mol. The number of ether oxygens (including phenoxy) is 1. The van der Waals surface area contributed by atoms with E-state index in [4.69, 9.17) is 4.74 Å². The third kappa shape index (κ3) is 2.03. The van der Waals surface area contributed by atoms with Gasteiger partial charge in [-0.05, 0) is 86.0 Å². The zero-order valence-corrected chi connectivity index (χ0v) is 15.7. The summed E-state index contributed by atoms with van der Waals surface area (Å²) in [6, 6.07) is 0. The van der Waals surface area contributed by atoms with Crippen molar-refractivity contribution >= 4 is 5.78 Å². The monoisotopic (exact) mass is 344 g/mol. The Bertz CT molecular complexity index is 639. The van der Waals surface area contributed by atoms with Gasteiger partial charge >= 0.3 is 0 Å². The summed E-state index contributed by atoms with van der Waals surface area (Å²) in [5.74, 6) is 2.59. The number of rotatable bonds is 0. The van der Waals surface area contributed by atoms with Crippen molar-refractivity contribution in [1.82, 2.24) is 0 Å². The smallest absolute Gasteiger partial charge is 0.155 e. The van der Waals surface area contributed by atoms with Gasteiger partial charge in [0.15, 0.2) is 12.1 Å². The van der Waals surface area contributed by atoms with E-state index in [0.29, 0.717) is 5.78 Å². The first-order chi connectivity index (χ1) is 11.9. The van der Waals surface area contributed by atoms with Crippen LogP contribution in [0.25, 0.3) is 0 Å². The molecule has 1 N–H and O–H groups in total. The van der Waals surface area contributed by atoms with Gasteiger partial charge < -0.3 is 9.84 Å². The van der Waals surface area contributed by atoms with E-state index in [-0.39, 0.29) is 16.4 Å². The summed E-state index contributed by atoms with van der Waals surface area (Å²) in [7, 11) is 0. The van der Waals surface area contributed by atoms with E-state index < -0.39 is 6.29 Å². The van der Waals surface area contributed by atoms with Crippen molar-refractivity contribution in [3.63, 3.8) is 0 Å². The SMILES string of the molecule is C[C@]12CCC(=O)C=C1CC[C@@H]1[C@@H]2CC[C@]2(C)[C@H]1CC[C@@]21CC[C@@H](O)O1. The van der Waals surface area contributed by atoms with Gasteiger partial charge in [0.25, 0.3) is 0 Å². The van der Waals surface area contributed by atoms with Gasteiger partial charge in [-0.2, -0.15) is 0 Å². The molecule has 5 aliphatic rings. The molecule has 3 saturated carbocycles. The lowest BCUT2D eigenvalue weighted by Crippen LogP contribution is -2.54. The minimum Gasteiger partial charge on any atom is -0.368 e. The van der Waals surface area contributed by atoms with Crippen LogP contribution in [0.3, 0.4) is 0 Å². The van der Waals surface area contributed by atoms with Crippen LogP contribution in [0.1, 0.15) is 78.1 Å². The summed E-state index contributed by atoms with van der Waals surface area (Å²) in [6.07, 6.45) is 12.3. The average molecular weight is 344 g/mol. The lowest BCUT2D eigenvalue weighted by Gasteiger charge is -2.59. The number of aliphatic hydroxyl groups excluding tert-OH is 1. The Hall–Kier alpha value is -0.670. The highest BCUT2D eigenvalue weighted by atomic mass is 16.6. The second-order valence-electron chi connectivity index (χ2n) is 10.1. The van der Waals surface area contributed by atoms with Crippen molar-refractivity contribution < 1.29 is 14.6 Å². The van der Waals surface area contributed by atoms with E-state index in [1.54, 1.807) is 0 Å². The van der Waals surface area contributed by atoms with Crippen LogP contribution in [0.2, 0.25) is 0 Å². The molecule has 0 bridgehead atoms. The summed E-state index contributed by atoms with van der Waals surface area (Å²) < 4.78 is 6.21.